The molecule has 0 radical (unpaired) electrons. The van der Waals surface area contributed by atoms with Crippen LogP contribution in [0.25, 0.3) is 0 Å². The third-order valence-electron chi connectivity index (χ3n) is 4.53. The van der Waals surface area contributed by atoms with Crippen LogP contribution in [0.2, 0.25) is 5.02 Å². The third kappa shape index (κ3) is 5.47. The number of nitrogens with one attached hydrogen (secondary N) is 1. The number of aryl methyl sites for hydroxylation is 3. The van der Waals surface area contributed by atoms with Gasteiger partial charge in [0.05, 0.1) is 18.0 Å². The van der Waals surface area contributed by atoms with E-state index in [9.17, 15) is 13.2 Å². The minimum Gasteiger partial charge on any atom is -0.348 e. The molecule has 0 spiro atoms. The number of rotatable bonds is 6. The molecule has 0 aliphatic rings. The predicted molar refractivity (Wildman–Crippen MR) is 111 cm³/mol. The Morgan fingerprint density at radius 2 is 1.63 bits per heavy atom. The molecule has 146 valence electrons. The first-order valence-electron chi connectivity index (χ1n) is 8.59. The van der Waals surface area contributed by atoms with Gasteiger partial charge in [-0.3, -0.25) is 9.10 Å². The van der Waals surface area contributed by atoms with Gasteiger partial charge in [-0.1, -0.05) is 23.7 Å². The fourth-order valence-corrected chi connectivity index (χ4v) is 3.93. The summed E-state index contributed by atoms with van der Waals surface area (Å²) < 4.78 is 25.4. The molecule has 1 unspecified atom stereocenters. The maximum Gasteiger partial charge on any atom is 0.241 e. The maximum atomic E-state index is 12.5. The average molecular weight is 409 g/mol. The Morgan fingerprint density at radius 3 is 2.19 bits per heavy atom. The highest BCUT2D eigenvalue weighted by molar-refractivity contribution is 7.92. The van der Waals surface area contributed by atoms with E-state index >= 15 is 0 Å². The highest BCUT2D eigenvalue weighted by Crippen LogP contribution is 2.23. The Labute approximate surface area is 166 Å². The molecule has 7 heteroatoms. The zero-order valence-corrected chi connectivity index (χ0v) is 17.8. The number of halogens is 1. The van der Waals surface area contributed by atoms with Crippen LogP contribution in [0.15, 0.2) is 36.4 Å². The third-order valence-corrected chi connectivity index (χ3v) is 5.92. The van der Waals surface area contributed by atoms with E-state index in [1.807, 2.05) is 27.7 Å². The number of anilines is 1. The van der Waals surface area contributed by atoms with Crippen molar-refractivity contribution in [3.8, 4) is 0 Å². The number of benzene rings is 2. The van der Waals surface area contributed by atoms with Gasteiger partial charge in [-0.15, -0.1) is 0 Å². The topological polar surface area (TPSA) is 66.5 Å². The lowest BCUT2D eigenvalue weighted by Crippen LogP contribution is -2.41. The molecule has 5 nitrogen and oxygen atoms in total. The molecular formula is C20H25ClN2O3S. The van der Waals surface area contributed by atoms with Crippen LogP contribution in [0.5, 0.6) is 0 Å². The molecule has 0 aliphatic carbocycles. The minimum atomic E-state index is -3.62. The van der Waals surface area contributed by atoms with E-state index < -0.39 is 10.0 Å². The molecule has 0 aromatic heterocycles. The normalized spacial score (nSPS) is 12.5. The molecule has 2 rings (SSSR count). The van der Waals surface area contributed by atoms with Crippen molar-refractivity contribution in [1.82, 2.24) is 5.32 Å². The van der Waals surface area contributed by atoms with Gasteiger partial charge >= 0.3 is 0 Å². The molecule has 0 saturated heterocycles. The van der Waals surface area contributed by atoms with Crippen LogP contribution in [-0.4, -0.2) is 27.1 Å². The van der Waals surface area contributed by atoms with Gasteiger partial charge in [0.1, 0.15) is 6.54 Å². The highest BCUT2D eigenvalue weighted by Gasteiger charge is 2.22. The van der Waals surface area contributed by atoms with Crippen molar-refractivity contribution in [2.75, 3.05) is 17.1 Å². The SMILES string of the molecule is Cc1cc(C)c(C(C)NC(=O)CN(c2ccc(Cl)cc2)S(C)(=O)=O)cc1C. The van der Waals surface area contributed by atoms with E-state index in [1.165, 1.54) is 5.56 Å². The van der Waals surface area contributed by atoms with Gasteiger partial charge in [-0.2, -0.15) is 0 Å². The molecular weight excluding hydrogens is 384 g/mol. The second-order valence-electron chi connectivity index (χ2n) is 6.83. The lowest BCUT2D eigenvalue weighted by molar-refractivity contribution is -0.120. The number of carbonyl (C=O) groups excluding carboxylic acids is 1. The van der Waals surface area contributed by atoms with E-state index in [-0.39, 0.29) is 18.5 Å². The zero-order chi connectivity index (χ0) is 20.4. The Bertz CT molecular complexity index is 940. The minimum absolute atomic E-state index is 0.233. The summed E-state index contributed by atoms with van der Waals surface area (Å²) in [4.78, 5) is 12.5. The van der Waals surface area contributed by atoms with Crippen LogP contribution in [0, 0.1) is 20.8 Å². The summed E-state index contributed by atoms with van der Waals surface area (Å²) in [6.45, 7) is 7.67. The Hall–Kier alpha value is -2.05. The van der Waals surface area contributed by atoms with Gasteiger partial charge in [0.15, 0.2) is 0 Å². The number of hydrogen-bond acceptors (Lipinski definition) is 3. The number of hydrogen-bond donors (Lipinski definition) is 1. The molecule has 1 N–H and O–H groups in total. The summed E-state index contributed by atoms with van der Waals surface area (Å²) in [7, 11) is -3.62. The largest absolute Gasteiger partial charge is 0.348 e. The average Bonchev–Trinajstić information content (AvgIpc) is 2.56. The molecule has 1 amide bonds. The summed E-state index contributed by atoms with van der Waals surface area (Å²) in [5.41, 5.74) is 4.84. The molecule has 0 bridgehead atoms. The van der Waals surface area contributed by atoms with Crippen molar-refractivity contribution >= 4 is 33.2 Å². The van der Waals surface area contributed by atoms with E-state index in [0.717, 1.165) is 27.3 Å². The van der Waals surface area contributed by atoms with Crippen LogP contribution >= 0.6 is 11.6 Å². The molecule has 0 heterocycles. The second-order valence-corrected chi connectivity index (χ2v) is 9.17. The lowest BCUT2D eigenvalue weighted by atomic mass is 9.96. The monoisotopic (exact) mass is 408 g/mol. The van der Waals surface area contributed by atoms with Gasteiger partial charge in [0, 0.05) is 5.02 Å². The van der Waals surface area contributed by atoms with Gasteiger partial charge in [0.2, 0.25) is 15.9 Å². The second kappa shape index (κ2) is 8.31. The molecule has 0 aliphatic heterocycles. The number of amides is 1. The van der Waals surface area contributed by atoms with Gasteiger partial charge in [0.25, 0.3) is 0 Å². The number of carbonyl (C=O) groups is 1. The highest BCUT2D eigenvalue weighted by atomic mass is 35.5. The van der Waals surface area contributed by atoms with E-state index in [2.05, 4.69) is 17.4 Å². The van der Waals surface area contributed by atoms with Gasteiger partial charge < -0.3 is 5.32 Å². The van der Waals surface area contributed by atoms with Crippen LogP contribution in [0.4, 0.5) is 5.69 Å². The summed E-state index contributed by atoms with van der Waals surface area (Å²) in [5.74, 6) is -0.375. The molecule has 1 atom stereocenters. The van der Waals surface area contributed by atoms with Gasteiger partial charge in [-0.05, 0) is 74.2 Å². The van der Waals surface area contributed by atoms with Crippen LogP contribution in [0.1, 0.15) is 35.2 Å². The van der Waals surface area contributed by atoms with E-state index in [4.69, 9.17) is 11.6 Å². The first-order valence-corrected chi connectivity index (χ1v) is 10.8. The summed E-state index contributed by atoms with van der Waals surface area (Å²) >= 11 is 5.86. The molecule has 0 saturated carbocycles. The number of nitrogens with zero attached hydrogens (tertiary/aromatic N) is 1. The van der Waals surface area contributed by atoms with Crippen molar-refractivity contribution < 1.29 is 13.2 Å². The molecule has 0 fully saturated rings. The van der Waals surface area contributed by atoms with Crippen LogP contribution in [-0.2, 0) is 14.8 Å². The fourth-order valence-electron chi connectivity index (χ4n) is 2.95. The summed E-state index contributed by atoms with van der Waals surface area (Å²) in [6, 6.07) is 10.2. The van der Waals surface area contributed by atoms with Crippen molar-refractivity contribution in [1.29, 1.82) is 0 Å². The van der Waals surface area contributed by atoms with Crippen LogP contribution in [0.3, 0.4) is 0 Å². The quantitative estimate of drug-likeness (QED) is 0.787. The van der Waals surface area contributed by atoms with Gasteiger partial charge in [-0.25, -0.2) is 8.42 Å². The van der Waals surface area contributed by atoms with Crippen molar-refractivity contribution in [2.24, 2.45) is 0 Å². The standard InChI is InChI=1S/C20H25ClN2O3S/c1-13-10-15(3)19(11-14(13)2)16(4)22-20(24)12-23(27(5,25)26)18-8-6-17(21)7-9-18/h6-11,16H,12H2,1-5H3,(H,22,24). The van der Waals surface area contributed by atoms with Crippen molar-refractivity contribution in [3.05, 3.63) is 63.7 Å². The molecule has 2 aromatic carbocycles. The first kappa shape index (κ1) is 21.3. The lowest BCUT2D eigenvalue weighted by Gasteiger charge is -2.24. The van der Waals surface area contributed by atoms with Crippen molar-refractivity contribution in [3.63, 3.8) is 0 Å². The Morgan fingerprint density at radius 1 is 1.07 bits per heavy atom. The smallest absolute Gasteiger partial charge is 0.241 e. The summed E-state index contributed by atoms with van der Waals surface area (Å²) in [5, 5.41) is 3.39. The Kier molecular flexibility index (Phi) is 6.54. The Balaban J connectivity index is 2.19. The first-order chi connectivity index (χ1) is 12.5. The fraction of sp³-hybridized carbons (Fsp3) is 0.350. The number of sulfonamides is 1. The maximum absolute atomic E-state index is 12.5. The predicted octanol–water partition coefficient (Wildman–Crippen LogP) is 3.91. The van der Waals surface area contributed by atoms with Crippen LogP contribution < -0.4 is 9.62 Å². The zero-order valence-electron chi connectivity index (χ0n) is 16.2. The van der Waals surface area contributed by atoms with Crippen molar-refractivity contribution in [2.45, 2.75) is 33.7 Å². The molecule has 2 aromatic rings. The van der Waals surface area contributed by atoms with E-state index in [0.29, 0.717) is 10.7 Å². The van der Waals surface area contributed by atoms with E-state index in [1.54, 1.807) is 24.3 Å². The summed E-state index contributed by atoms with van der Waals surface area (Å²) in [6.07, 6.45) is 1.08. The molecule has 27 heavy (non-hydrogen) atoms.